The van der Waals surface area contributed by atoms with Crippen LogP contribution in [-0.2, 0) is 9.09 Å². The fourth-order valence-corrected chi connectivity index (χ4v) is 0.423. The van der Waals surface area contributed by atoms with Crippen LogP contribution in [0, 0.1) is 0 Å². The van der Waals surface area contributed by atoms with Crippen LogP contribution in [0.15, 0.2) is 12.2 Å². The van der Waals surface area contributed by atoms with E-state index >= 15 is 0 Å². The highest BCUT2D eigenvalue weighted by Crippen LogP contribution is 2.00. The molecule has 3 heteroatoms. The van der Waals surface area contributed by atoms with E-state index in [1.165, 1.54) is 0 Å². The minimum Gasteiger partial charge on any atom is -0.294 e. The van der Waals surface area contributed by atoms with E-state index in [0.717, 1.165) is 12.0 Å². The van der Waals surface area contributed by atoms with Crippen molar-refractivity contribution in [3.63, 3.8) is 0 Å². The molecule has 0 fully saturated rings. The Morgan fingerprint density at radius 1 is 1.88 bits per heavy atom. The molecule has 0 saturated heterocycles. The molecule has 0 spiro atoms. The van der Waals surface area contributed by atoms with Crippen LogP contribution in [-0.4, -0.2) is 6.61 Å². The topological polar surface area (TPSA) is 26.3 Å². The van der Waals surface area contributed by atoms with E-state index < -0.39 is 0 Å². The van der Waals surface area contributed by atoms with E-state index in [0.29, 0.717) is 6.61 Å². The van der Waals surface area contributed by atoms with Gasteiger partial charge in [0.25, 0.3) is 0 Å². The molecule has 46 valence electrons. The van der Waals surface area contributed by atoms with Gasteiger partial charge in [-0.15, -0.1) is 6.58 Å². The van der Waals surface area contributed by atoms with Gasteiger partial charge >= 0.3 is 8.69 Å². The van der Waals surface area contributed by atoms with Gasteiger partial charge in [-0.05, 0) is 13.3 Å². The van der Waals surface area contributed by atoms with Crippen LogP contribution in [0.4, 0.5) is 0 Å². The average molecular weight is 132 g/mol. The lowest BCUT2D eigenvalue weighted by atomic mass is 10.3. The summed E-state index contributed by atoms with van der Waals surface area (Å²) in [5.74, 6) is 0. The van der Waals surface area contributed by atoms with E-state index in [1.54, 1.807) is 0 Å². The minimum absolute atomic E-state index is 0.241. The van der Waals surface area contributed by atoms with E-state index in [4.69, 9.17) is 0 Å². The van der Waals surface area contributed by atoms with Gasteiger partial charge in [-0.25, -0.2) is 4.57 Å². The van der Waals surface area contributed by atoms with Gasteiger partial charge in [-0.2, -0.15) is 0 Å². The summed E-state index contributed by atoms with van der Waals surface area (Å²) in [4.78, 5) is 0. The molecule has 0 aliphatic heterocycles. The Kier molecular flexibility index (Phi) is 4.82. The minimum atomic E-state index is -0.241. The molecule has 0 aromatic carbocycles. The standard InChI is InChI=1S/C5H9O2P/c1-5(2)3-4-7-8-6/h1,3-4H2,2H3. The van der Waals surface area contributed by atoms with Gasteiger partial charge in [0.1, 0.15) is 0 Å². The van der Waals surface area contributed by atoms with Gasteiger partial charge < -0.3 is 0 Å². The summed E-state index contributed by atoms with van der Waals surface area (Å²) < 4.78 is 14.1. The van der Waals surface area contributed by atoms with Crippen molar-refractivity contribution in [3.8, 4) is 0 Å². The van der Waals surface area contributed by atoms with Crippen molar-refractivity contribution in [2.45, 2.75) is 13.3 Å². The largest absolute Gasteiger partial charge is 0.327 e. The Hall–Kier alpha value is -0.200. The zero-order valence-electron chi connectivity index (χ0n) is 4.89. The lowest BCUT2D eigenvalue weighted by Gasteiger charge is -1.91. The molecular weight excluding hydrogens is 123 g/mol. The summed E-state index contributed by atoms with van der Waals surface area (Å²) in [6.45, 7) is 6.05. The second kappa shape index (κ2) is 4.95. The highest BCUT2D eigenvalue weighted by Gasteiger charge is 1.84. The maximum absolute atomic E-state index is 9.63. The van der Waals surface area contributed by atoms with Crippen molar-refractivity contribution < 1.29 is 9.09 Å². The Balaban J connectivity index is 2.93. The molecule has 0 saturated carbocycles. The van der Waals surface area contributed by atoms with E-state index in [9.17, 15) is 4.57 Å². The Morgan fingerprint density at radius 3 is 2.88 bits per heavy atom. The first-order valence-electron chi connectivity index (χ1n) is 2.36. The molecule has 0 atom stereocenters. The molecule has 0 bridgehead atoms. The van der Waals surface area contributed by atoms with Crippen LogP contribution in [0.3, 0.4) is 0 Å². The summed E-state index contributed by atoms with van der Waals surface area (Å²) in [5.41, 5.74) is 1.05. The molecule has 0 aromatic heterocycles. The smallest absolute Gasteiger partial charge is 0.294 e. The van der Waals surface area contributed by atoms with Gasteiger partial charge in [0.15, 0.2) is 0 Å². The molecule has 0 rings (SSSR count). The van der Waals surface area contributed by atoms with Gasteiger partial charge in [0, 0.05) is 0 Å². The molecule has 0 amide bonds. The molecule has 0 aliphatic carbocycles. The third-order valence-electron chi connectivity index (χ3n) is 0.673. The number of rotatable bonds is 4. The molecule has 0 heterocycles. The van der Waals surface area contributed by atoms with Crippen molar-refractivity contribution >= 4 is 8.69 Å². The molecule has 8 heavy (non-hydrogen) atoms. The molecule has 0 aliphatic rings. The Bertz CT molecular complexity index is 90.4. The van der Waals surface area contributed by atoms with Gasteiger partial charge in [-0.3, -0.25) is 4.52 Å². The highest BCUT2D eigenvalue weighted by atomic mass is 31.1. The lowest BCUT2D eigenvalue weighted by molar-refractivity contribution is 0.347. The van der Waals surface area contributed by atoms with Crippen LogP contribution in [0.5, 0.6) is 0 Å². The first-order valence-corrected chi connectivity index (χ1v) is 3.09. The van der Waals surface area contributed by atoms with Crippen molar-refractivity contribution in [3.05, 3.63) is 12.2 Å². The second-order valence-corrected chi connectivity index (χ2v) is 2.02. The average Bonchev–Trinajstić information content (AvgIpc) is 1.66. The molecular formula is C5H9O2P. The fourth-order valence-electron chi connectivity index (χ4n) is 0.257. The third kappa shape index (κ3) is 5.80. The summed E-state index contributed by atoms with van der Waals surface area (Å²) in [7, 11) is -0.241. The van der Waals surface area contributed by atoms with Crippen molar-refractivity contribution in [2.24, 2.45) is 0 Å². The van der Waals surface area contributed by atoms with Crippen LogP contribution in [0.25, 0.3) is 0 Å². The monoisotopic (exact) mass is 132 g/mol. The first kappa shape index (κ1) is 7.80. The van der Waals surface area contributed by atoms with Crippen LogP contribution in [0.1, 0.15) is 13.3 Å². The predicted molar refractivity (Wildman–Crippen MR) is 33.0 cm³/mol. The maximum Gasteiger partial charge on any atom is 0.327 e. The van der Waals surface area contributed by atoms with Crippen LogP contribution >= 0.6 is 8.69 Å². The zero-order valence-corrected chi connectivity index (χ0v) is 5.78. The molecule has 0 radical (unpaired) electrons. The number of hydrogen-bond acceptors (Lipinski definition) is 2. The van der Waals surface area contributed by atoms with Crippen LogP contribution < -0.4 is 0 Å². The predicted octanol–water partition coefficient (Wildman–Crippen LogP) is 2.18. The molecule has 0 N–H and O–H groups in total. The zero-order chi connectivity index (χ0) is 6.41. The van der Waals surface area contributed by atoms with E-state index in [-0.39, 0.29) is 8.69 Å². The Morgan fingerprint density at radius 2 is 2.50 bits per heavy atom. The highest BCUT2D eigenvalue weighted by molar-refractivity contribution is 7.17. The first-order chi connectivity index (χ1) is 3.77. The molecule has 0 unspecified atom stereocenters. The Labute approximate surface area is 50.8 Å². The summed E-state index contributed by atoms with van der Waals surface area (Å²) in [5, 5.41) is 0. The maximum atomic E-state index is 9.63. The van der Waals surface area contributed by atoms with E-state index in [1.807, 2.05) is 6.92 Å². The molecule has 0 aromatic rings. The van der Waals surface area contributed by atoms with Crippen molar-refractivity contribution in [1.82, 2.24) is 0 Å². The number of hydrogen-bond donors (Lipinski definition) is 0. The third-order valence-corrected chi connectivity index (χ3v) is 0.961. The second-order valence-electron chi connectivity index (χ2n) is 1.61. The molecule has 2 nitrogen and oxygen atoms in total. The van der Waals surface area contributed by atoms with Crippen molar-refractivity contribution in [1.29, 1.82) is 0 Å². The normalized spacial score (nSPS) is 9.62. The summed E-state index contributed by atoms with van der Waals surface area (Å²) in [6.07, 6.45) is 0.787. The SMILES string of the molecule is C=C(C)CCOP=O. The summed E-state index contributed by atoms with van der Waals surface area (Å²) in [6, 6.07) is 0. The van der Waals surface area contributed by atoms with E-state index in [2.05, 4.69) is 11.1 Å². The van der Waals surface area contributed by atoms with Gasteiger partial charge in [0.05, 0.1) is 6.61 Å². The van der Waals surface area contributed by atoms with Crippen molar-refractivity contribution in [2.75, 3.05) is 6.61 Å². The lowest BCUT2D eigenvalue weighted by Crippen LogP contribution is -1.82. The quantitative estimate of drug-likeness (QED) is 0.333. The van der Waals surface area contributed by atoms with Crippen LogP contribution in [0.2, 0.25) is 0 Å². The van der Waals surface area contributed by atoms with Gasteiger partial charge in [0.2, 0.25) is 0 Å². The fraction of sp³-hybridized carbons (Fsp3) is 0.600. The summed E-state index contributed by atoms with van der Waals surface area (Å²) >= 11 is 0. The van der Waals surface area contributed by atoms with Gasteiger partial charge in [-0.1, -0.05) is 5.57 Å².